The Bertz CT molecular complexity index is 1140. The van der Waals surface area contributed by atoms with E-state index in [2.05, 4.69) is 5.92 Å². The summed E-state index contributed by atoms with van der Waals surface area (Å²) in [5.74, 6) is -0.357. The Labute approximate surface area is 204 Å². The van der Waals surface area contributed by atoms with Gasteiger partial charge < -0.3 is 9.64 Å². The second-order valence-corrected chi connectivity index (χ2v) is 11.2. The first-order valence-electron chi connectivity index (χ1n) is 11.3. The van der Waals surface area contributed by atoms with Crippen molar-refractivity contribution in [3.05, 3.63) is 52.6 Å². The molecule has 1 fully saturated rings. The maximum atomic E-state index is 15.2. The second kappa shape index (κ2) is 10.9. The molecule has 2 heterocycles. The molecular weight excluding hydrogens is 484 g/mol. The number of carbonyl (C=O) groups excluding carboxylic acids is 1. The van der Waals surface area contributed by atoms with Crippen LogP contribution in [0.2, 0.25) is 0 Å². The van der Waals surface area contributed by atoms with Crippen molar-refractivity contribution in [1.82, 2.24) is 4.90 Å². The molecule has 0 bridgehead atoms. The fourth-order valence-electron chi connectivity index (χ4n) is 4.75. The molecule has 1 aromatic carbocycles. The highest BCUT2D eigenvalue weighted by atomic mass is 35.5. The van der Waals surface area contributed by atoms with Gasteiger partial charge in [-0.15, -0.1) is 6.42 Å². The van der Waals surface area contributed by atoms with Crippen LogP contribution in [0.3, 0.4) is 0 Å². The number of ether oxygens (including phenoxy) is 1. The van der Waals surface area contributed by atoms with Gasteiger partial charge in [-0.25, -0.2) is 17.2 Å². The smallest absolute Gasteiger partial charge is 0.223 e. The van der Waals surface area contributed by atoms with E-state index in [1.165, 1.54) is 17.1 Å². The summed E-state index contributed by atoms with van der Waals surface area (Å²) in [5.41, 5.74) is -0.314. The number of allylic oxidation sites excluding steroid dienone is 3. The summed E-state index contributed by atoms with van der Waals surface area (Å²) in [4.78, 5) is 14.2. The first-order valence-corrected chi connectivity index (χ1v) is 13.3. The lowest BCUT2D eigenvalue weighted by atomic mass is 9.79. The highest BCUT2D eigenvalue weighted by molar-refractivity contribution is 7.92. The number of likely N-dealkylation sites (tertiary alicyclic amines) is 1. The molecule has 2 aliphatic rings. The van der Waals surface area contributed by atoms with Gasteiger partial charge in [-0.3, -0.25) is 4.79 Å². The Balaban J connectivity index is 2.04. The number of unbranched alkanes of at least 4 members (excludes halogenated alkanes) is 1. The molecule has 0 saturated carbocycles. The molecule has 0 aromatic heterocycles. The highest BCUT2D eigenvalue weighted by Crippen LogP contribution is 2.52. The molecule has 1 amide bonds. The fourth-order valence-corrected chi connectivity index (χ4v) is 7.13. The number of hydrogen-bond acceptors (Lipinski definition) is 4. The monoisotopic (exact) mass is 511 g/mol. The van der Waals surface area contributed by atoms with E-state index >= 15 is 4.39 Å². The molecule has 5 nitrogen and oxygen atoms in total. The topological polar surface area (TPSA) is 63.7 Å². The summed E-state index contributed by atoms with van der Waals surface area (Å²) in [6.45, 7) is 2.05. The molecule has 0 spiro atoms. The van der Waals surface area contributed by atoms with Crippen LogP contribution in [-0.2, 0) is 19.4 Å². The van der Waals surface area contributed by atoms with E-state index in [4.69, 9.17) is 22.8 Å². The van der Waals surface area contributed by atoms with Crippen molar-refractivity contribution in [2.24, 2.45) is 0 Å². The number of nitrogens with zero attached hydrogens (tertiary/aromatic N) is 1. The molecule has 34 heavy (non-hydrogen) atoms. The highest BCUT2D eigenvalue weighted by Gasteiger charge is 2.61. The van der Waals surface area contributed by atoms with E-state index in [0.29, 0.717) is 30.8 Å². The predicted octanol–water partition coefficient (Wildman–Crippen LogP) is 4.85. The van der Waals surface area contributed by atoms with E-state index in [-0.39, 0.29) is 36.7 Å². The Morgan fingerprint density at radius 2 is 2.09 bits per heavy atom. The number of terminal acetylenes is 1. The van der Waals surface area contributed by atoms with Gasteiger partial charge in [0.1, 0.15) is 17.2 Å². The zero-order valence-corrected chi connectivity index (χ0v) is 20.6. The quantitative estimate of drug-likeness (QED) is 0.351. The Kier molecular flexibility index (Phi) is 8.43. The van der Waals surface area contributed by atoms with Crippen molar-refractivity contribution in [2.45, 2.75) is 56.2 Å². The van der Waals surface area contributed by atoms with E-state index in [1.807, 2.05) is 6.92 Å². The van der Waals surface area contributed by atoms with Crippen LogP contribution >= 0.6 is 11.6 Å². The number of sulfone groups is 1. The van der Waals surface area contributed by atoms with Gasteiger partial charge >= 0.3 is 0 Å². The van der Waals surface area contributed by atoms with Crippen LogP contribution in [0.15, 0.2) is 35.4 Å². The molecule has 0 unspecified atom stereocenters. The number of benzene rings is 1. The van der Waals surface area contributed by atoms with Gasteiger partial charge in [-0.1, -0.05) is 43.0 Å². The van der Waals surface area contributed by atoms with Gasteiger partial charge in [0, 0.05) is 24.1 Å². The SMILES string of the molecule is C#C/C=C(/Cl)CC/C=C\CS(=O)(=O)[C@]12CCC(=O)N(CCCC)[C@H]1COc1c(F)ccc(F)c12. The van der Waals surface area contributed by atoms with E-state index in [1.54, 1.807) is 6.08 Å². The summed E-state index contributed by atoms with van der Waals surface area (Å²) < 4.78 is 61.4. The standard InChI is InChI=1S/C25H28ClF2NO4S/c1-3-5-15-29-21-17-33-24-20(28)12-11-19(27)23(24)25(21,14-13-22(29)30)34(31,32)16-8-6-7-10-18(26)9-4-2/h2,6,8-9,11-12,21H,3,5,7,10,13-17H2,1H3/b8-6-,18-9+/t21-,25+/m0/s1. The molecule has 1 aromatic rings. The predicted molar refractivity (Wildman–Crippen MR) is 128 cm³/mol. The van der Waals surface area contributed by atoms with Crippen molar-refractivity contribution in [3.8, 4) is 18.1 Å². The van der Waals surface area contributed by atoms with Gasteiger partial charge in [0.25, 0.3) is 0 Å². The van der Waals surface area contributed by atoms with E-state index < -0.39 is 38.0 Å². The minimum absolute atomic E-state index is 0.0783. The Morgan fingerprint density at radius 1 is 1.35 bits per heavy atom. The minimum Gasteiger partial charge on any atom is -0.488 e. The summed E-state index contributed by atoms with van der Waals surface area (Å²) >= 11 is 5.96. The number of carbonyl (C=O) groups is 1. The molecule has 9 heteroatoms. The van der Waals surface area contributed by atoms with Gasteiger partial charge in [-0.05, 0) is 37.8 Å². The first kappa shape index (κ1) is 26.2. The molecule has 2 atom stereocenters. The third-order valence-corrected chi connectivity index (χ3v) is 9.11. The number of hydrogen-bond donors (Lipinski definition) is 0. The van der Waals surface area contributed by atoms with Crippen LogP contribution in [0, 0.1) is 24.0 Å². The molecule has 0 aliphatic carbocycles. The van der Waals surface area contributed by atoms with Crippen LogP contribution in [0.4, 0.5) is 8.78 Å². The summed E-state index contributed by atoms with van der Waals surface area (Å²) in [5, 5.41) is 0.474. The van der Waals surface area contributed by atoms with Gasteiger partial charge in [-0.2, -0.15) is 0 Å². The van der Waals surface area contributed by atoms with Crippen LogP contribution in [0.25, 0.3) is 0 Å². The molecule has 0 N–H and O–H groups in total. The number of rotatable bonds is 9. The van der Waals surface area contributed by atoms with Crippen molar-refractivity contribution >= 4 is 27.3 Å². The van der Waals surface area contributed by atoms with Crippen molar-refractivity contribution < 1.29 is 26.7 Å². The average Bonchev–Trinajstić information content (AvgIpc) is 2.80. The van der Waals surface area contributed by atoms with E-state index in [9.17, 15) is 17.6 Å². The summed E-state index contributed by atoms with van der Waals surface area (Å²) in [6.07, 6.45) is 11.9. The van der Waals surface area contributed by atoms with Crippen LogP contribution in [0.5, 0.6) is 5.75 Å². The van der Waals surface area contributed by atoms with Gasteiger partial charge in [0.05, 0.1) is 17.4 Å². The van der Waals surface area contributed by atoms with Crippen LogP contribution in [-0.4, -0.2) is 44.2 Å². The zero-order chi connectivity index (χ0) is 24.9. The van der Waals surface area contributed by atoms with Gasteiger partial charge in [0.15, 0.2) is 21.4 Å². The molecule has 1 saturated heterocycles. The molecular formula is C25H28ClF2NO4S. The Morgan fingerprint density at radius 3 is 2.79 bits per heavy atom. The number of amides is 1. The maximum absolute atomic E-state index is 15.2. The number of piperidine rings is 1. The van der Waals surface area contributed by atoms with Crippen molar-refractivity contribution in [1.29, 1.82) is 0 Å². The summed E-state index contributed by atoms with van der Waals surface area (Å²) in [7, 11) is -4.10. The number of fused-ring (bicyclic) bond motifs is 3. The molecule has 2 aliphatic heterocycles. The van der Waals surface area contributed by atoms with Crippen LogP contribution < -0.4 is 4.74 Å². The molecule has 184 valence electrons. The zero-order valence-electron chi connectivity index (χ0n) is 19.0. The van der Waals surface area contributed by atoms with Gasteiger partial charge in [0.2, 0.25) is 5.91 Å². The van der Waals surface area contributed by atoms with Crippen LogP contribution in [0.1, 0.15) is 51.0 Å². The lowest BCUT2D eigenvalue weighted by Crippen LogP contribution is -2.65. The van der Waals surface area contributed by atoms with Crippen molar-refractivity contribution in [2.75, 3.05) is 18.9 Å². The third kappa shape index (κ3) is 4.87. The summed E-state index contributed by atoms with van der Waals surface area (Å²) in [6, 6.07) is 0.889. The molecule has 3 rings (SSSR count). The Hall–Kier alpha value is -2.37. The lowest BCUT2D eigenvalue weighted by Gasteiger charge is -2.51. The first-order chi connectivity index (χ1) is 16.2. The second-order valence-electron chi connectivity index (χ2n) is 8.44. The number of halogens is 3. The molecule has 0 radical (unpaired) electrons. The largest absolute Gasteiger partial charge is 0.488 e. The normalized spacial score (nSPS) is 22.8. The van der Waals surface area contributed by atoms with Crippen molar-refractivity contribution in [3.63, 3.8) is 0 Å². The third-order valence-electron chi connectivity index (χ3n) is 6.39. The van der Waals surface area contributed by atoms with E-state index in [0.717, 1.165) is 18.6 Å². The maximum Gasteiger partial charge on any atom is 0.223 e. The average molecular weight is 512 g/mol. The fraction of sp³-hybridized carbons (Fsp3) is 0.480. The lowest BCUT2D eigenvalue weighted by molar-refractivity contribution is -0.140. The minimum atomic E-state index is -4.10.